The number of carbonyl (C=O) groups is 2. The van der Waals surface area contributed by atoms with Crippen molar-refractivity contribution < 1.29 is 9.59 Å². The van der Waals surface area contributed by atoms with Crippen LogP contribution in [-0.2, 0) is 11.3 Å². The first kappa shape index (κ1) is 20.7. The standard InChI is InChI=1S/C22H22N6O2S/c1-4-28-20-10-9-17(11-18(20)26-27-28)21(30)25-22-24-19(12-31-22)16-7-5-15(6-8-16)13(2)23-14(3)29/h5-13H,4H2,1-3H3,(H,23,29)(H,24,25,30). The van der Waals surface area contributed by atoms with Crippen molar-refractivity contribution in [2.75, 3.05) is 5.32 Å². The number of anilines is 1. The van der Waals surface area contributed by atoms with Gasteiger partial charge in [0, 0.05) is 30.0 Å². The molecule has 0 saturated carbocycles. The van der Waals surface area contributed by atoms with Gasteiger partial charge in [0.15, 0.2) is 5.13 Å². The third-order valence-corrected chi connectivity index (χ3v) is 5.68. The second-order valence-electron chi connectivity index (χ2n) is 7.14. The topological polar surface area (TPSA) is 102 Å². The Hall–Kier alpha value is -3.59. The van der Waals surface area contributed by atoms with Gasteiger partial charge in [-0.25, -0.2) is 9.67 Å². The molecule has 2 N–H and O–H groups in total. The molecule has 2 aromatic heterocycles. The molecule has 2 heterocycles. The molecule has 0 spiro atoms. The summed E-state index contributed by atoms with van der Waals surface area (Å²) in [6.07, 6.45) is 0. The first-order chi connectivity index (χ1) is 14.9. The van der Waals surface area contributed by atoms with Crippen LogP contribution in [0, 0.1) is 0 Å². The highest BCUT2D eigenvalue weighted by molar-refractivity contribution is 7.14. The molecule has 2 amide bonds. The molecule has 4 aromatic rings. The molecule has 2 aromatic carbocycles. The average molecular weight is 435 g/mol. The number of benzene rings is 2. The lowest BCUT2D eigenvalue weighted by molar-refractivity contribution is -0.119. The predicted molar refractivity (Wildman–Crippen MR) is 121 cm³/mol. The number of fused-ring (bicyclic) bond motifs is 1. The van der Waals surface area contributed by atoms with E-state index in [4.69, 9.17) is 0 Å². The summed E-state index contributed by atoms with van der Waals surface area (Å²) in [5.41, 5.74) is 4.81. The second kappa shape index (κ2) is 8.65. The number of hydrogen-bond acceptors (Lipinski definition) is 6. The molecule has 0 aliphatic carbocycles. The van der Waals surface area contributed by atoms with Crippen LogP contribution in [0.1, 0.15) is 42.7 Å². The van der Waals surface area contributed by atoms with Crippen LogP contribution in [-0.4, -0.2) is 31.8 Å². The Labute approximate surface area is 183 Å². The predicted octanol–water partition coefficient (Wildman–Crippen LogP) is 4.02. The molecule has 0 saturated heterocycles. The number of amides is 2. The van der Waals surface area contributed by atoms with Crippen molar-refractivity contribution in [2.24, 2.45) is 0 Å². The van der Waals surface area contributed by atoms with Gasteiger partial charge in [-0.3, -0.25) is 14.9 Å². The number of carbonyl (C=O) groups excluding carboxylic acids is 2. The van der Waals surface area contributed by atoms with Crippen molar-refractivity contribution in [3.05, 3.63) is 59.0 Å². The third kappa shape index (κ3) is 4.46. The lowest BCUT2D eigenvalue weighted by Crippen LogP contribution is -2.23. The molecule has 8 nitrogen and oxygen atoms in total. The Kier molecular flexibility index (Phi) is 5.77. The fourth-order valence-corrected chi connectivity index (χ4v) is 4.03. The third-order valence-electron chi connectivity index (χ3n) is 4.93. The SMILES string of the molecule is CCn1nnc2cc(C(=O)Nc3nc(-c4ccc(C(C)NC(C)=O)cc4)cs3)ccc21. The van der Waals surface area contributed by atoms with Crippen LogP contribution in [0.25, 0.3) is 22.3 Å². The number of nitrogens with zero attached hydrogens (tertiary/aromatic N) is 4. The number of nitrogens with one attached hydrogen (secondary N) is 2. The van der Waals surface area contributed by atoms with Gasteiger partial charge in [0.25, 0.3) is 5.91 Å². The maximum atomic E-state index is 12.7. The molecule has 9 heteroatoms. The molecule has 0 aliphatic rings. The fourth-order valence-electron chi connectivity index (χ4n) is 3.31. The molecule has 0 bridgehead atoms. The van der Waals surface area contributed by atoms with Crippen molar-refractivity contribution in [3.8, 4) is 11.3 Å². The minimum atomic E-state index is -0.242. The smallest absolute Gasteiger partial charge is 0.257 e. The lowest BCUT2D eigenvalue weighted by Gasteiger charge is -2.13. The summed E-state index contributed by atoms with van der Waals surface area (Å²) in [6.45, 7) is 6.15. The quantitative estimate of drug-likeness (QED) is 0.477. The maximum Gasteiger partial charge on any atom is 0.257 e. The summed E-state index contributed by atoms with van der Waals surface area (Å²) in [5.74, 6) is -0.307. The van der Waals surface area contributed by atoms with E-state index in [0.717, 1.165) is 28.9 Å². The van der Waals surface area contributed by atoms with Gasteiger partial charge in [-0.1, -0.05) is 29.5 Å². The first-order valence-corrected chi connectivity index (χ1v) is 10.8. The molecular weight excluding hydrogens is 412 g/mol. The summed E-state index contributed by atoms with van der Waals surface area (Å²) < 4.78 is 1.78. The van der Waals surface area contributed by atoms with Crippen LogP contribution in [0.4, 0.5) is 5.13 Å². The monoisotopic (exact) mass is 434 g/mol. The Bertz CT molecular complexity index is 1240. The van der Waals surface area contributed by atoms with E-state index in [2.05, 4.69) is 25.9 Å². The van der Waals surface area contributed by atoms with Gasteiger partial charge in [0.05, 0.1) is 17.3 Å². The van der Waals surface area contributed by atoms with E-state index < -0.39 is 0 Å². The van der Waals surface area contributed by atoms with Crippen LogP contribution in [0.5, 0.6) is 0 Å². The van der Waals surface area contributed by atoms with E-state index in [-0.39, 0.29) is 17.9 Å². The zero-order valence-corrected chi connectivity index (χ0v) is 18.2. The fraction of sp³-hybridized carbons (Fsp3) is 0.227. The molecule has 4 rings (SSSR count). The molecular formula is C22H22N6O2S. The van der Waals surface area contributed by atoms with Gasteiger partial charge < -0.3 is 5.32 Å². The van der Waals surface area contributed by atoms with Crippen molar-refractivity contribution in [2.45, 2.75) is 33.4 Å². The van der Waals surface area contributed by atoms with Gasteiger partial charge in [-0.15, -0.1) is 16.4 Å². The summed E-state index contributed by atoms with van der Waals surface area (Å²) in [6, 6.07) is 13.1. The van der Waals surface area contributed by atoms with Crippen molar-refractivity contribution in [1.29, 1.82) is 0 Å². The number of thiazole rings is 1. The molecule has 31 heavy (non-hydrogen) atoms. The van der Waals surface area contributed by atoms with Crippen LogP contribution < -0.4 is 10.6 Å². The molecule has 0 aliphatic heterocycles. The Balaban J connectivity index is 1.46. The van der Waals surface area contributed by atoms with Crippen LogP contribution in [0.15, 0.2) is 47.8 Å². The zero-order valence-electron chi connectivity index (χ0n) is 17.4. The summed E-state index contributed by atoms with van der Waals surface area (Å²) in [4.78, 5) is 28.4. The van der Waals surface area contributed by atoms with Gasteiger partial charge in [0.2, 0.25) is 5.91 Å². The number of aromatic nitrogens is 4. The van der Waals surface area contributed by atoms with E-state index in [0.29, 0.717) is 16.2 Å². The minimum absolute atomic E-state index is 0.0619. The Morgan fingerprint density at radius 1 is 1.16 bits per heavy atom. The molecule has 1 atom stereocenters. The first-order valence-electron chi connectivity index (χ1n) is 9.92. The van der Waals surface area contributed by atoms with Crippen LogP contribution >= 0.6 is 11.3 Å². The van der Waals surface area contributed by atoms with E-state index in [1.807, 2.05) is 49.6 Å². The van der Waals surface area contributed by atoms with Crippen LogP contribution in [0.2, 0.25) is 0 Å². The second-order valence-corrected chi connectivity index (χ2v) is 8.00. The van der Waals surface area contributed by atoms with E-state index in [1.165, 1.54) is 18.3 Å². The molecule has 0 radical (unpaired) electrons. The van der Waals surface area contributed by atoms with E-state index in [9.17, 15) is 9.59 Å². The normalized spacial score (nSPS) is 12.0. The lowest BCUT2D eigenvalue weighted by atomic mass is 10.1. The summed E-state index contributed by atoms with van der Waals surface area (Å²) >= 11 is 1.37. The highest BCUT2D eigenvalue weighted by Gasteiger charge is 2.13. The largest absolute Gasteiger partial charge is 0.350 e. The highest BCUT2D eigenvalue weighted by Crippen LogP contribution is 2.27. The maximum absolute atomic E-state index is 12.7. The molecule has 0 fully saturated rings. The average Bonchev–Trinajstić information content (AvgIpc) is 3.39. The number of hydrogen-bond donors (Lipinski definition) is 2. The van der Waals surface area contributed by atoms with Crippen molar-refractivity contribution in [3.63, 3.8) is 0 Å². The number of rotatable bonds is 6. The Morgan fingerprint density at radius 3 is 2.65 bits per heavy atom. The van der Waals surface area contributed by atoms with Gasteiger partial charge in [-0.2, -0.15) is 0 Å². The molecule has 1 unspecified atom stereocenters. The van der Waals surface area contributed by atoms with E-state index >= 15 is 0 Å². The van der Waals surface area contributed by atoms with Gasteiger partial charge in [-0.05, 0) is 37.6 Å². The van der Waals surface area contributed by atoms with Crippen molar-refractivity contribution in [1.82, 2.24) is 25.3 Å². The van der Waals surface area contributed by atoms with Crippen LogP contribution in [0.3, 0.4) is 0 Å². The Morgan fingerprint density at radius 2 is 1.94 bits per heavy atom. The summed E-state index contributed by atoms with van der Waals surface area (Å²) in [5, 5.41) is 16.3. The molecule has 158 valence electrons. The zero-order chi connectivity index (χ0) is 22.0. The summed E-state index contributed by atoms with van der Waals surface area (Å²) in [7, 11) is 0. The van der Waals surface area contributed by atoms with E-state index in [1.54, 1.807) is 16.8 Å². The van der Waals surface area contributed by atoms with Gasteiger partial charge in [0.1, 0.15) is 5.52 Å². The highest BCUT2D eigenvalue weighted by atomic mass is 32.1. The minimum Gasteiger partial charge on any atom is -0.350 e. The number of aryl methyl sites for hydroxylation is 1. The van der Waals surface area contributed by atoms with Gasteiger partial charge >= 0.3 is 0 Å². The van der Waals surface area contributed by atoms with Crippen molar-refractivity contribution >= 4 is 39.3 Å².